The summed E-state index contributed by atoms with van der Waals surface area (Å²) in [6.45, 7) is 0. The van der Waals surface area contributed by atoms with Gasteiger partial charge in [-0.15, -0.1) is 0 Å². The van der Waals surface area contributed by atoms with E-state index in [0.717, 1.165) is 19.0 Å². The number of hydrogen-bond donors (Lipinski definition) is 2. The van der Waals surface area contributed by atoms with Crippen LogP contribution in [-0.2, 0) is 6.18 Å². The van der Waals surface area contributed by atoms with Gasteiger partial charge in [-0.25, -0.2) is 4.98 Å². The lowest BCUT2D eigenvalue weighted by Gasteiger charge is -2.34. The second-order valence-electron chi connectivity index (χ2n) is 8.06. The standard InChI is InChI=1S/C22H23ClF3N3O3/c1-29(2)20(31)14-7-5-6-13(12-14)18(21(32)9-3-4-10-21)28-19(30)17-16(23)15(8-11-27-17)22(24,25)26/h5-8,11-12,18,32H,3-4,9-10H2,1-2H3,(H,28,30). The third kappa shape index (κ3) is 4.88. The number of rotatable bonds is 5. The van der Waals surface area contributed by atoms with E-state index in [1.807, 2.05) is 0 Å². The van der Waals surface area contributed by atoms with Gasteiger partial charge < -0.3 is 15.3 Å². The van der Waals surface area contributed by atoms with Crippen LogP contribution >= 0.6 is 11.6 Å². The Hall–Kier alpha value is -2.65. The minimum atomic E-state index is -4.75. The molecule has 1 aliphatic rings. The number of halogens is 4. The lowest BCUT2D eigenvalue weighted by Crippen LogP contribution is -2.45. The Kier molecular flexibility index (Phi) is 6.80. The molecule has 10 heteroatoms. The summed E-state index contributed by atoms with van der Waals surface area (Å²) in [6.07, 6.45) is -1.68. The van der Waals surface area contributed by atoms with Crippen molar-refractivity contribution >= 4 is 23.4 Å². The molecule has 32 heavy (non-hydrogen) atoms. The number of aromatic nitrogens is 1. The minimum Gasteiger partial charge on any atom is -0.387 e. The molecule has 3 rings (SSSR count). The summed E-state index contributed by atoms with van der Waals surface area (Å²) >= 11 is 5.86. The first-order valence-electron chi connectivity index (χ1n) is 10.0. The highest BCUT2D eigenvalue weighted by atomic mass is 35.5. The fraction of sp³-hybridized carbons (Fsp3) is 0.409. The maximum atomic E-state index is 13.2. The first-order chi connectivity index (χ1) is 14.9. The van der Waals surface area contributed by atoms with Crippen LogP contribution < -0.4 is 5.32 Å². The molecule has 1 atom stereocenters. The van der Waals surface area contributed by atoms with E-state index in [-0.39, 0.29) is 5.91 Å². The second-order valence-corrected chi connectivity index (χ2v) is 8.44. The van der Waals surface area contributed by atoms with Gasteiger partial charge in [0.1, 0.15) is 5.69 Å². The van der Waals surface area contributed by atoms with E-state index in [2.05, 4.69) is 10.3 Å². The third-order valence-corrected chi connectivity index (χ3v) is 5.95. The second kappa shape index (κ2) is 9.07. The summed E-state index contributed by atoms with van der Waals surface area (Å²) in [5.41, 5.74) is -2.28. The molecule has 172 valence electrons. The number of nitrogens with zero attached hydrogens (tertiary/aromatic N) is 2. The molecular formula is C22H23ClF3N3O3. The van der Waals surface area contributed by atoms with E-state index in [4.69, 9.17) is 11.6 Å². The molecule has 1 heterocycles. The van der Waals surface area contributed by atoms with Crippen LogP contribution in [0.1, 0.15) is 63.7 Å². The molecule has 1 fully saturated rings. The number of carbonyl (C=O) groups excluding carboxylic acids is 2. The largest absolute Gasteiger partial charge is 0.417 e. The number of aliphatic hydroxyl groups is 1. The van der Waals surface area contributed by atoms with Crippen LogP contribution in [0.2, 0.25) is 5.02 Å². The maximum absolute atomic E-state index is 13.2. The van der Waals surface area contributed by atoms with Gasteiger partial charge in [0, 0.05) is 25.9 Å². The molecule has 1 aromatic carbocycles. The van der Waals surface area contributed by atoms with Crippen molar-refractivity contribution in [1.82, 2.24) is 15.2 Å². The number of nitrogens with one attached hydrogen (secondary N) is 1. The fourth-order valence-corrected chi connectivity index (χ4v) is 4.24. The smallest absolute Gasteiger partial charge is 0.387 e. The Balaban J connectivity index is 2.00. The Morgan fingerprint density at radius 1 is 1.22 bits per heavy atom. The van der Waals surface area contributed by atoms with Gasteiger partial charge in [-0.2, -0.15) is 13.2 Å². The topological polar surface area (TPSA) is 82.5 Å². The van der Waals surface area contributed by atoms with Crippen molar-refractivity contribution in [2.45, 2.75) is 43.5 Å². The molecule has 1 aromatic heterocycles. The molecule has 0 spiro atoms. The van der Waals surface area contributed by atoms with Crippen molar-refractivity contribution in [2.24, 2.45) is 0 Å². The zero-order chi connectivity index (χ0) is 23.7. The molecule has 6 nitrogen and oxygen atoms in total. The summed E-state index contributed by atoms with van der Waals surface area (Å²) < 4.78 is 39.6. The van der Waals surface area contributed by atoms with Gasteiger partial charge in [0.25, 0.3) is 11.8 Å². The number of amides is 2. The Labute approximate surface area is 188 Å². The van der Waals surface area contributed by atoms with Crippen molar-refractivity contribution in [2.75, 3.05) is 14.1 Å². The molecule has 2 aromatic rings. The zero-order valence-electron chi connectivity index (χ0n) is 17.5. The fourth-order valence-electron chi connectivity index (χ4n) is 3.93. The third-order valence-electron chi connectivity index (χ3n) is 5.56. The lowest BCUT2D eigenvalue weighted by atomic mass is 9.86. The van der Waals surface area contributed by atoms with Gasteiger partial charge in [-0.1, -0.05) is 36.6 Å². The molecule has 1 saturated carbocycles. The molecule has 2 amide bonds. The van der Waals surface area contributed by atoms with Crippen molar-refractivity contribution in [1.29, 1.82) is 0 Å². The van der Waals surface area contributed by atoms with Crippen molar-refractivity contribution < 1.29 is 27.9 Å². The van der Waals surface area contributed by atoms with Crippen molar-refractivity contribution in [3.63, 3.8) is 0 Å². The molecule has 1 unspecified atom stereocenters. The van der Waals surface area contributed by atoms with Crippen molar-refractivity contribution in [3.8, 4) is 0 Å². The number of carbonyl (C=O) groups is 2. The van der Waals surface area contributed by atoms with Crippen LogP contribution in [0.5, 0.6) is 0 Å². The quantitative estimate of drug-likeness (QED) is 0.686. The highest BCUT2D eigenvalue weighted by Gasteiger charge is 2.42. The average molecular weight is 470 g/mol. The number of benzene rings is 1. The summed E-state index contributed by atoms with van der Waals surface area (Å²) in [6, 6.07) is 6.16. The van der Waals surface area contributed by atoms with Gasteiger partial charge in [0.15, 0.2) is 0 Å². The SMILES string of the molecule is CN(C)C(=O)c1cccc(C(NC(=O)c2nccc(C(F)(F)F)c2Cl)C2(O)CCCC2)c1. The first kappa shape index (κ1) is 24.0. The highest BCUT2D eigenvalue weighted by molar-refractivity contribution is 6.34. The molecule has 0 radical (unpaired) electrons. The number of pyridine rings is 1. The van der Waals surface area contributed by atoms with Gasteiger partial charge in [0.05, 0.1) is 22.2 Å². The van der Waals surface area contributed by atoms with E-state index >= 15 is 0 Å². The summed E-state index contributed by atoms with van der Waals surface area (Å²) in [4.78, 5) is 30.4. The Bertz CT molecular complexity index is 1020. The van der Waals surface area contributed by atoms with Crippen LogP contribution in [0.25, 0.3) is 0 Å². The van der Waals surface area contributed by atoms with Gasteiger partial charge in [-0.05, 0) is 36.6 Å². The first-order valence-corrected chi connectivity index (χ1v) is 10.4. The molecule has 0 saturated heterocycles. The predicted octanol–water partition coefficient (Wildman–Crippen LogP) is 4.23. The van der Waals surface area contributed by atoms with Crippen LogP contribution in [0.3, 0.4) is 0 Å². The molecule has 0 aliphatic heterocycles. The van der Waals surface area contributed by atoms with Gasteiger partial charge in [-0.3, -0.25) is 9.59 Å². The zero-order valence-corrected chi connectivity index (χ0v) is 18.3. The van der Waals surface area contributed by atoms with Gasteiger partial charge in [0.2, 0.25) is 0 Å². The molecular weight excluding hydrogens is 447 g/mol. The van der Waals surface area contributed by atoms with Crippen LogP contribution in [0.15, 0.2) is 36.5 Å². The lowest BCUT2D eigenvalue weighted by molar-refractivity contribution is -0.137. The van der Waals surface area contributed by atoms with E-state index < -0.39 is 40.0 Å². The van der Waals surface area contributed by atoms with Gasteiger partial charge >= 0.3 is 6.18 Å². The van der Waals surface area contributed by atoms with Crippen molar-refractivity contribution in [3.05, 3.63) is 63.9 Å². The highest BCUT2D eigenvalue weighted by Crippen LogP contribution is 2.41. The summed E-state index contributed by atoms with van der Waals surface area (Å²) in [7, 11) is 3.19. The Morgan fingerprint density at radius 2 is 1.88 bits per heavy atom. The summed E-state index contributed by atoms with van der Waals surface area (Å²) in [5, 5.41) is 13.1. The van der Waals surface area contributed by atoms with E-state index in [1.54, 1.807) is 38.4 Å². The monoisotopic (exact) mass is 469 g/mol. The van der Waals surface area contributed by atoms with Crippen LogP contribution in [0, 0.1) is 0 Å². The van der Waals surface area contributed by atoms with E-state index in [0.29, 0.717) is 30.0 Å². The molecule has 2 N–H and O–H groups in total. The number of alkyl halides is 3. The minimum absolute atomic E-state index is 0.266. The molecule has 1 aliphatic carbocycles. The van der Waals surface area contributed by atoms with E-state index in [9.17, 15) is 27.9 Å². The summed E-state index contributed by atoms with van der Waals surface area (Å²) in [5.74, 6) is -1.21. The number of hydrogen-bond acceptors (Lipinski definition) is 4. The predicted molar refractivity (Wildman–Crippen MR) is 112 cm³/mol. The molecule has 0 bridgehead atoms. The Morgan fingerprint density at radius 3 is 2.47 bits per heavy atom. The van der Waals surface area contributed by atoms with E-state index in [1.165, 1.54) is 4.90 Å². The maximum Gasteiger partial charge on any atom is 0.417 e. The average Bonchev–Trinajstić information content (AvgIpc) is 3.17. The normalized spacial score (nSPS) is 16.5. The van der Waals surface area contributed by atoms with Crippen LogP contribution in [-0.4, -0.2) is 46.5 Å². The van der Waals surface area contributed by atoms with Crippen LogP contribution in [0.4, 0.5) is 13.2 Å².